The molecule has 0 spiro atoms. The predicted octanol–water partition coefficient (Wildman–Crippen LogP) is 1.01. The van der Waals surface area contributed by atoms with Gasteiger partial charge >= 0.3 is 0 Å². The first-order chi connectivity index (χ1) is 5.52. The first-order valence-electron chi connectivity index (χ1n) is 4.15. The molecule has 1 fully saturated rings. The summed E-state index contributed by atoms with van der Waals surface area (Å²) in [6.45, 7) is 2.07. The van der Waals surface area contributed by atoms with Crippen molar-refractivity contribution in [3.8, 4) is 6.07 Å². The number of carbonyl (C=O) groups is 1. The number of carbonyl (C=O) groups excluding carboxylic acids is 1. The highest BCUT2D eigenvalue weighted by atomic mass is 16.2. The van der Waals surface area contributed by atoms with Crippen LogP contribution in [0.15, 0.2) is 0 Å². The average Bonchev–Trinajstić information content (AvgIpc) is 1.96. The second-order valence-corrected chi connectivity index (χ2v) is 3.91. The molecule has 0 bridgehead atoms. The van der Waals surface area contributed by atoms with Crippen LogP contribution in [0.2, 0.25) is 0 Å². The molecule has 0 aliphatic heterocycles. The van der Waals surface area contributed by atoms with Crippen molar-refractivity contribution in [2.24, 2.45) is 11.3 Å². The first-order valence-corrected chi connectivity index (χ1v) is 4.15. The molecule has 0 aromatic heterocycles. The Labute approximate surface area is 73.0 Å². The van der Waals surface area contributed by atoms with Gasteiger partial charge in [0.1, 0.15) is 5.41 Å². The Balaban J connectivity index is 2.72. The molecule has 0 N–H and O–H groups in total. The molecule has 1 amide bonds. The zero-order valence-electron chi connectivity index (χ0n) is 7.79. The Morgan fingerprint density at radius 1 is 1.58 bits per heavy atom. The lowest BCUT2D eigenvalue weighted by molar-refractivity contribution is -0.142. The van der Waals surface area contributed by atoms with Crippen LogP contribution in [0.1, 0.15) is 19.8 Å². The topological polar surface area (TPSA) is 44.1 Å². The van der Waals surface area contributed by atoms with Crippen molar-refractivity contribution < 1.29 is 4.79 Å². The van der Waals surface area contributed by atoms with Gasteiger partial charge in [-0.3, -0.25) is 4.79 Å². The van der Waals surface area contributed by atoms with E-state index < -0.39 is 5.41 Å². The van der Waals surface area contributed by atoms with Gasteiger partial charge in [0.2, 0.25) is 5.91 Å². The molecular formula is C9H14N2O. The van der Waals surface area contributed by atoms with Gasteiger partial charge in [-0.2, -0.15) is 5.26 Å². The molecule has 66 valence electrons. The summed E-state index contributed by atoms with van der Waals surface area (Å²) in [5.41, 5.74) is -0.692. The van der Waals surface area contributed by atoms with Crippen molar-refractivity contribution >= 4 is 5.91 Å². The quantitative estimate of drug-likeness (QED) is 0.583. The molecule has 0 atom stereocenters. The average molecular weight is 166 g/mol. The fourth-order valence-electron chi connectivity index (χ4n) is 1.87. The molecule has 0 heterocycles. The second kappa shape index (κ2) is 2.78. The van der Waals surface area contributed by atoms with Gasteiger partial charge in [-0.05, 0) is 18.8 Å². The zero-order valence-corrected chi connectivity index (χ0v) is 7.79. The number of rotatable bonds is 1. The standard InChI is InChI=1S/C9H14N2O/c1-7-4-9(5-7,6-10)8(12)11(2)3/h7H,4-5H2,1-3H3. The summed E-state index contributed by atoms with van der Waals surface area (Å²) in [5, 5.41) is 8.88. The number of nitriles is 1. The van der Waals surface area contributed by atoms with Gasteiger partial charge in [0.05, 0.1) is 6.07 Å². The molecule has 3 heteroatoms. The van der Waals surface area contributed by atoms with Gasteiger partial charge in [0.25, 0.3) is 0 Å². The molecular weight excluding hydrogens is 152 g/mol. The second-order valence-electron chi connectivity index (χ2n) is 3.91. The minimum Gasteiger partial charge on any atom is -0.347 e. The Morgan fingerprint density at radius 2 is 2.08 bits per heavy atom. The van der Waals surface area contributed by atoms with Gasteiger partial charge in [-0.25, -0.2) is 0 Å². The van der Waals surface area contributed by atoms with Crippen LogP contribution >= 0.6 is 0 Å². The van der Waals surface area contributed by atoms with E-state index in [1.165, 1.54) is 4.90 Å². The summed E-state index contributed by atoms with van der Waals surface area (Å²) in [5.74, 6) is 0.483. The lowest BCUT2D eigenvalue weighted by Gasteiger charge is -2.40. The maximum Gasteiger partial charge on any atom is 0.242 e. The maximum atomic E-state index is 11.5. The number of amides is 1. The van der Waals surface area contributed by atoms with Gasteiger partial charge in [0, 0.05) is 14.1 Å². The van der Waals surface area contributed by atoms with E-state index in [4.69, 9.17) is 5.26 Å². The molecule has 0 aromatic rings. The number of hydrogen-bond donors (Lipinski definition) is 0. The van der Waals surface area contributed by atoms with E-state index in [9.17, 15) is 4.79 Å². The zero-order chi connectivity index (χ0) is 9.35. The van der Waals surface area contributed by atoms with Crippen LogP contribution in [0, 0.1) is 22.7 Å². The fraction of sp³-hybridized carbons (Fsp3) is 0.778. The van der Waals surface area contributed by atoms with Crippen molar-refractivity contribution in [2.45, 2.75) is 19.8 Å². The third-order valence-electron chi connectivity index (χ3n) is 2.42. The van der Waals surface area contributed by atoms with Crippen LogP contribution in [0.3, 0.4) is 0 Å². The fourth-order valence-corrected chi connectivity index (χ4v) is 1.87. The molecule has 1 rings (SSSR count). The molecule has 0 saturated heterocycles. The molecule has 1 aliphatic carbocycles. The third kappa shape index (κ3) is 1.18. The lowest BCUT2D eigenvalue weighted by Crippen LogP contribution is -2.47. The minimum absolute atomic E-state index is 0.0388. The minimum atomic E-state index is -0.692. The highest BCUT2D eigenvalue weighted by Crippen LogP contribution is 2.45. The Hall–Kier alpha value is -1.04. The highest BCUT2D eigenvalue weighted by molar-refractivity contribution is 5.86. The van der Waals surface area contributed by atoms with Crippen molar-refractivity contribution in [2.75, 3.05) is 14.1 Å². The summed E-state index contributed by atoms with van der Waals surface area (Å²) in [6.07, 6.45) is 1.45. The molecule has 0 unspecified atom stereocenters. The van der Waals surface area contributed by atoms with E-state index in [-0.39, 0.29) is 5.91 Å². The predicted molar refractivity (Wildman–Crippen MR) is 45.1 cm³/mol. The van der Waals surface area contributed by atoms with E-state index >= 15 is 0 Å². The van der Waals surface area contributed by atoms with Gasteiger partial charge in [0.15, 0.2) is 0 Å². The van der Waals surface area contributed by atoms with Crippen LogP contribution in [0.5, 0.6) is 0 Å². The summed E-state index contributed by atoms with van der Waals surface area (Å²) in [6, 6.07) is 2.14. The summed E-state index contributed by atoms with van der Waals surface area (Å²) < 4.78 is 0. The molecule has 0 aromatic carbocycles. The van der Waals surface area contributed by atoms with Crippen LogP contribution in [-0.2, 0) is 4.79 Å². The maximum absolute atomic E-state index is 11.5. The molecule has 1 saturated carbocycles. The van der Waals surface area contributed by atoms with E-state index in [1.807, 2.05) is 0 Å². The van der Waals surface area contributed by atoms with E-state index in [1.54, 1.807) is 14.1 Å². The Morgan fingerprint density at radius 3 is 2.33 bits per heavy atom. The van der Waals surface area contributed by atoms with Crippen LogP contribution in [0.4, 0.5) is 0 Å². The monoisotopic (exact) mass is 166 g/mol. The summed E-state index contributed by atoms with van der Waals surface area (Å²) in [7, 11) is 3.40. The van der Waals surface area contributed by atoms with Crippen LogP contribution < -0.4 is 0 Å². The largest absolute Gasteiger partial charge is 0.347 e. The molecule has 3 nitrogen and oxygen atoms in total. The van der Waals surface area contributed by atoms with Gasteiger partial charge in [-0.15, -0.1) is 0 Å². The van der Waals surface area contributed by atoms with Crippen molar-refractivity contribution in [1.82, 2.24) is 4.90 Å². The highest BCUT2D eigenvalue weighted by Gasteiger charge is 2.49. The van der Waals surface area contributed by atoms with E-state index in [0.29, 0.717) is 5.92 Å². The van der Waals surface area contributed by atoms with Crippen LogP contribution in [-0.4, -0.2) is 24.9 Å². The Bertz CT molecular complexity index is 233. The van der Waals surface area contributed by atoms with Crippen molar-refractivity contribution in [3.05, 3.63) is 0 Å². The SMILES string of the molecule is CC1CC(C#N)(C(=O)N(C)C)C1. The molecule has 1 aliphatic rings. The summed E-state index contributed by atoms with van der Waals surface area (Å²) in [4.78, 5) is 13.0. The summed E-state index contributed by atoms with van der Waals surface area (Å²) >= 11 is 0. The number of nitrogens with zero attached hydrogens (tertiary/aromatic N) is 2. The molecule has 12 heavy (non-hydrogen) atoms. The lowest BCUT2D eigenvalue weighted by atomic mass is 9.63. The normalized spacial score (nSPS) is 33.3. The van der Waals surface area contributed by atoms with E-state index in [2.05, 4.69) is 13.0 Å². The van der Waals surface area contributed by atoms with Gasteiger partial charge < -0.3 is 4.90 Å². The number of hydrogen-bond acceptors (Lipinski definition) is 2. The molecule has 0 radical (unpaired) electrons. The first kappa shape index (κ1) is 9.05. The van der Waals surface area contributed by atoms with Gasteiger partial charge in [-0.1, -0.05) is 6.92 Å². The van der Waals surface area contributed by atoms with Crippen molar-refractivity contribution in [1.29, 1.82) is 5.26 Å². The Kier molecular flexibility index (Phi) is 2.10. The van der Waals surface area contributed by atoms with Crippen molar-refractivity contribution in [3.63, 3.8) is 0 Å². The van der Waals surface area contributed by atoms with E-state index in [0.717, 1.165) is 12.8 Å². The smallest absolute Gasteiger partial charge is 0.242 e. The van der Waals surface area contributed by atoms with Crippen LogP contribution in [0.25, 0.3) is 0 Å². The third-order valence-corrected chi connectivity index (χ3v) is 2.42.